The standard InChI is InChI=1S/C13H9ClN2O/c1-7(17)12-13-10(4-5-15-12)9-3-2-8(14)6-11(9)16-13/h2-6,16H,1H3. The molecule has 17 heavy (non-hydrogen) atoms. The fourth-order valence-electron chi connectivity index (χ4n) is 2.07. The lowest BCUT2D eigenvalue weighted by atomic mass is 10.1. The fraction of sp³-hybridized carbons (Fsp3) is 0.0769. The Hall–Kier alpha value is -1.87. The Balaban J connectivity index is 2.50. The van der Waals surface area contributed by atoms with Crippen molar-refractivity contribution in [2.75, 3.05) is 0 Å². The number of benzene rings is 1. The molecule has 0 aliphatic carbocycles. The number of fused-ring (bicyclic) bond motifs is 3. The molecule has 1 aromatic carbocycles. The highest BCUT2D eigenvalue weighted by Crippen LogP contribution is 2.28. The van der Waals surface area contributed by atoms with Crippen LogP contribution in [0.15, 0.2) is 30.5 Å². The predicted molar refractivity (Wildman–Crippen MR) is 68.6 cm³/mol. The first kappa shape index (κ1) is 10.3. The number of aromatic amines is 1. The summed E-state index contributed by atoms with van der Waals surface area (Å²) in [4.78, 5) is 18.8. The van der Waals surface area contributed by atoms with Gasteiger partial charge in [-0.1, -0.05) is 17.7 Å². The summed E-state index contributed by atoms with van der Waals surface area (Å²) in [5.41, 5.74) is 2.16. The van der Waals surface area contributed by atoms with Crippen LogP contribution in [0.1, 0.15) is 17.4 Å². The summed E-state index contributed by atoms with van der Waals surface area (Å²) in [6.45, 7) is 1.51. The second kappa shape index (κ2) is 3.57. The minimum absolute atomic E-state index is 0.0479. The van der Waals surface area contributed by atoms with Gasteiger partial charge in [0.1, 0.15) is 5.69 Å². The number of ketones is 1. The van der Waals surface area contributed by atoms with Gasteiger partial charge >= 0.3 is 0 Å². The molecular weight excluding hydrogens is 236 g/mol. The quantitative estimate of drug-likeness (QED) is 0.665. The molecule has 0 spiro atoms. The minimum Gasteiger partial charge on any atom is -0.353 e. The first-order chi connectivity index (χ1) is 8.16. The third-order valence-corrected chi connectivity index (χ3v) is 3.05. The third kappa shape index (κ3) is 1.51. The van der Waals surface area contributed by atoms with Gasteiger partial charge in [0.25, 0.3) is 0 Å². The number of halogens is 1. The van der Waals surface area contributed by atoms with E-state index in [0.717, 1.165) is 21.8 Å². The summed E-state index contributed by atoms with van der Waals surface area (Å²) >= 11 is 5.95. The van der Waals surface area contributed by atoms with Gasteiger partial charge in [0.15, 0.2) is 5.78 Å². The van der Waals surface area contributed by atoms with Crippen LogP contribution in [0.2, 0.25) is 5.02 Å². The Kier molecular flexibility index (Phi) is 2.16. The van der Waals surface area contributed by atoms with Crippen LogP contribution in [0.4, 0.5) is 0 Å². The molecule has 3 rings (SSSR count). The second-order valence-corrected chi connectivity index (χ2v) is 4.39. The normalized spacial score (nSPS) is 11.2. The number of hydrogen-bond acceptors (Lipinski definition) is 2. The fourth-order valence-corrected chi connectivity index (χ4v) is 2.24. The number of pyridine rings is 1. The van der Waals surface area contributed by atoms with Crippen molar-refractivity contribution in [2.24, 2.45) is 0 Å². The Morgan fingerprint density at radius 1 is 1.29 bits per heavy atom. The first-order valence-corrected chi connectivity index (χ1v) is 5.61. The SMILES string of the molecule is CC(=O)c1nccc2c1[nH]c1cc(Cl)ccc12. The van der Waals surface area contributed by atoms with Crippen molar-refractivity contribution in [3.05, 3.63) is 41.2 Å². The van der Waals surface area contributed by atoms with E-state index in [4.69, 9.17) is 11.6 Å². The molecule has 0 radical (unpaired) electrons. The maximum Gasteiger partial charge on any atom is 0.180 e. The van der Waals surface area contributed by atoms with E-state index in [1.165, 1.54) is 6.92 Å². The van der Waals surface area contributed by atoms with Gasteiger partial charge in [-0.3, -0.25) is 9.78 Å². The maximum atomic E-state index is 11.5. The number of nitrogens with zero attached hydrogens (tertiary/aromatic N) is 1. The molecule has 0 aliphatic heterocycles. The topological polar surface area (TPSA) is 45.8 Å². The highest BCUT2D eigenvalue weighted by Gasteiger charge is 2.11. The minimum atomic E-state index is -0.0479. The Bertz CT molecular complexity index is 746. The molecule has 1 N–H and O–H groups in total. The summed E-state index contributed by atoms with van der Waals surface area (Å²) in [7, 11) is 0. The molecule has 0 unspecified atom stereocenters. The van der Waals surface area contributed by atoms with Gasteiger partial charge < -0.3 is 4.98 Å². The zero-order valence-corrected chi connectivity index (χ0v) is 9.88. The van der Waals surface area contributed by atoms with Crippen LogP contribution < -0.4 is 0 Å². The molecule has 2 heterocycles. The van der Waals surface area contributed by atoms with Crippen molar-refractivity contribution in [1.82, 2.24) is 9.97 Å². The molecule has 0 fully saturated rings. The molecule has 3 nitrogen and oxygen atoms in total. The molecule has 3 aromatic rings. The monoisotopic (exact) mass is 244 g/mol. The Morgan fingerprint density at radius 2 is 2.12 bits per heavy atom. The Labute approximate surface area is 102 Å². The lowest BCUT2D eigenvalue weighted by Gasteiger charge is -1.96. The maximum absolute atomic E-state index is 11.5. The first-order valence-electron chi connectivity index (χ1n) is 5.23. The predicted octanol–water partition coefficient (Wildman–Crippen LogP) is 3.57. The summed E-state index contributed by atoms with van der Waals surface area (Å²) in [6, 6.07) is 7.53. The highest BCUT2D eigenvalue weighted by atomic mass is 35.5. The van der Waals surface area contributed by atoms with Gasteiger partial charge in [-0.05, 0) is 18.2 Å². The van der Waals surface area contributed by atoms with Crippen LogP contribution in [0, 0.1) is 0 Å². The van der Waals surface area contributed by atoms with E-state index >= 15 is 0 Å². The molecule has 2 aromatic heterocycles. The highest BCUT2D eigenvalue weighted by molar-refractivity contribution is 6.31. The van der Waals surface area contributed by atoms with Crippen molar-refractivity contribution in [3.8, 4) is 0 Å². The zero-order valence-electron chi connectivity index (χ0n) is 9.12. The van der Waals surface area contributed by atoms with E-state index in [-0.39, 0.29) is 5.78 Å². The lowest BCUT2D eigenvalue weighted by Crippen LogP contribution is -1.96. The smallest absolute Gasteiger partial charge is 0.180 e. The largest absolute Gasteiger partial charge is 0.353 e. The molecule has 0 saturated heterocycles. The van der Waals surface area contributed by atoms with Crippen LogP contribution >= 0.6 is 11.6 Å². The summed E-state index contributed by atoms with van der Waals surface area (Å²) in [6.07, 6.45) is 1.65. The molecule has 0 aliphatic rings. The molecular formula is C13H9ClN2O. The molecule has 4 heteroatoms. The van der Waals surface area contributed by atoms with Crippen LogP contribution in [0.5, 0.6) is 0 Å². The third-order valence-electron chi connectivity index (χ3n) is 2.82. The van der Waals surface area contributed by atoms with E-state index in [1.54, 1.807) is 6.20 Å². The van der Waals surface area contributed by atoms with Gasteiger partial charge in [-0.2, -0.15) is 0 Å². The molecule has 0 bridgehead atoms. The van der Waals surface area contributed by atoms with E-state index < -0.39 is 0 Å². The number of nitrogens with one attached hydrogen (secondary N) is 1. The van der Waals surface area contributed by atoms with E-state index in [1.807, 2.05) is 24.3 Å². The van der Waals surface area contributed by atoms with Crippen molar-refractivity contribution < 1.29 is 4.79 Å². The number of H-pyrrole nitrogens is 1. The van der Waals surface area contributed by atoms with Crippen molar-refractivity contribution in [2.45, 2.75) is 6.92 Å². The number of rotatable bonds is 1. The number of hydrogen-bond donors (Lipinski definition) is 1. The number of aromatic nitrogens is 2. The van der Waals surface area contributed by atoms with E-state index in [9.17, 15) is 4.79 Å². The molecule has 84 valence electrons. The van der Waals surface area contributed by atoms with Crippen molar-refractivity contribution >= 4 is 39.2 Å². The number of carbonyl (C=O) groups is 1. The van der Waals surface area contributed by atoms with Gasteiger partial charge in [0.2, 0.25) is 0 Å². The van der Waals surface area contributed by atoms with Gasteiger partial charge in [0.05, 0.1) is 5.52 Å². The Morgan fingerprint density at radius 3 is 2.88 bits per heavy atom. The molecule has 0 amide bonds. The number of carbonyl (C=O) groups excluding carboxylic acids is 1. The van der Waals surface area contributed by atoms with Crippen LogP contribution in [-0.2, 0) is 0 Å². The lowest BCUT2D eigenvalue weighted by molar-refractivity contribution is 0.101. The van der Waals surface area contributed by atoms with Gasteiger partial charge in [-0.15, -0.1) is 0 Å². The summed E-state index contributed by atoms with van der Waals surface area (Å²) in [5, 5.41) is 2.72. The summed E-state index contributed by atoms with van der Waals surface area (Å²) < 4.78 is 0. The van der Waals surface area contributed by atoms with Crippen molar-refractivity contribution in [3.63, 3.8) is 0 Å². The molecule has 0 atom stereocenters. The summed E-state index contributed by atoms with van der Waals surface area (Å²) in [5.74, 6) is -0.0479. The second-order valence-electron chi connectivity index (χ2n) is 3.95. The van der Waals surface area contributed by atoms with E-state index in [2.05, 4.69) is 9.97 Å². The van der Waals surface area contributed by atoms with Crippen molar-refractivity contribution in [1.29, 1.82) is 0 Å². The average molecular weight is 245 g/mol. The van der Waals surface area contributed by atoms with Crippen LogP contribution in [0.3, 0.4) is 0 Å². The van der Waals surface area contributed by atoms with Crippen LogP contribution in [0.25, 0.3) is 21.8 Å². The number of Topliss-reactive ketones (excluding diaryl/α,β-unsaturated/α-hetero) is 1. The molecule has 0 saturated carbocycles. The van der Waals surface area contributed by atoms with Gasteiger partial charge in [0, 0.05) is 34.4 Å². The van der Waals surface area contributed by atoms with E-state index in [0.29, 0.717) is 10.7 Å². The average Bonchev–Trinajstić information content (AvgIpc) is 2.65. The van der Waals surface area contributed by atoms with Gasteiger partial charge in [-0.25, -0.2) is 0 Å². The zero-order chi connectivity index (χ0) is 12.0. The van der Waals surface area contributed by atoms with Crippen LogP contribution in [-0.4, -0.2) is 15.8 Å².